The molecular weight excluding hydrogens is 372 g/mol. The fourth-order valence-electron chi connectivity index (χ4n) is 4.45. The number of aliphatic imine (C=N–C) groups is 1. The van der Waals surface area contributed by atoms with Gasteiger partial charge in [0.2, 0.25) is 0 Å². The molecule has 4 N–H and O–H groups in total. The van der Waals surface area contributed by atoms with Crippen LogP contribution in [0, 0.1) is 5.41 Å². The largest absolute Gasteiger partial charge is 0.352 e. The van der Waals surface area contributed by atoms with E-state index in [1.165, 1.54) is 5.56 Å². The van der Waals surface area contributed by atoms with Crippen LogP contribution in [0.25, 0.3) is 0 Å². The Bertz CT molecular complexity index is 903. The molecule has 1 fully saturated rings. The number of carbonyl (C=O) groups excluding carboxylic acids is 1. The van der Waals surface area contributed by atoms with Crippen LogP contribution >= 0.6 is 11.6 Å². The maximum absolute atomic E-state index is 11.2. The van der Waals surface area contributed by atoms with E-state index in [1.807, 2.05) is 30.3 Å². The summed E-state index contributed by atoms with van der Waals surface area (Å²) < 4.78 is 0. The zero-order valence-electron chi connectivity index (χ0n) is 15.7. The van der Waals surface area contributed by atoms with Gasteiger partial charge in [-0.3, -0.25) is 4.99 Å². The van der Waals surface area contributed by atoms with Gasteiger partial charge in [-0.2, -0.15) is 0 Å². The predicted octanol–water partition coefficient (Wildman–Crippen LogP) is 4.50. The smallest absolute Gasteiger partial charge is 0.312 e. The molecule has 0 bridgehead atoms. The SMILES string of the molecule is NC(=O)NC1CCC2(CC1)Cc1ccccc1NC2=NCc1cccc(Cl)c1. The van der Waals surface area contributed by atoms with Crippen molar-refractivity contribution in [2.75, 3.05) is 5.32 Å². The molecule has 1 aliphatic carbocycles. The molecule has 1 spiro atoms. The zero-order chi connectivity index (χ0) is 19.6. The number of nitrogens with one attached hydrogen (secondary N) is 2. The standard InChI is InChI=1S/C22H25ClN4O/c23-17-6-3-4-15(12-17)14-25-20-22(10-8-18(9-11-22)26-21(24)28)13-16-5-1-2-7-19(16)27-20/h1-7,12,18H,8-11,13-14H2,(H,25,27)(H3,24,26,28). The van der Waals surface area contributed by atoms with E-state index >= 15 is 0 Å². The van der Waals surface area contributed by atoms with Crippen molar-refractivity contribution >= 4 is 29.2 Å². The molecule has 6 heteroatoms. The number of urea groups is 1. The van der Waals surface area contributed by atoms with Gasteiger partial charge in [-0.15, -0.1) is 0 Å². The number of nitrogens with two attached hydrogens (primary N) is 1. The van der Waals surface area contributed by atoms with Gasteiger partial charge in [0.15, 0.2) is 0 Å². The number of nitrogens with zero attached hydrogens (tertiary/aromatic N) is 1. The number of hydrogen-bond acceptors (Lipinski definition) is 2. The molecule has 2 aromatic rings. The van der Waals surface area contributed by atoms with Crippen LogP contribution in [-0.4, -0.2) is 17.9 Å². The van der Waals surface area contributed by atoms with Crippen molar-refractivity contribution in [2.45, 2.75) is 44.7 Å². The van der Waals surface area contributed by atoms with Gasteiger partial charge in [-0.25, -0.2) is 4.79 Å². The Labute approximate surface area is 170 Å². The van der Waals surface area contributed by atoms with Crippen LogP contribution in [0.5, 0.6) is 0 Å². The van der Waals surface area contributed by atoms with Crippen LogP contribution in [0.3, 0.4) is 0 Å². The van der Waals surface area contributed by atoms with E-state index in [9.17, 15) is 4.79 Å². The summed E-state index contributed by atoms with van der Waals surface area (Å²) in [6, 6.07) is 16.0. The Balaban J connectivity index is 1.60. The molecule has 28 heavy (non-hydrogen) atoms. The summed E-state index contributed by atoms with van der Waals surface area (Å²) in [5.41, 5.74) is 8.84. The number of fused-ring (bicyclic) bond motifs is 1. The normalized spacial score (nSPS) is 25.2. The van der Waals surface area contributed by atoms with E-state index in [4.69, 9.17) is 22.3 Å². The summed E-state index contributed by atoms with van der Waals surface area (Å²) in [6.07, 6.45) is 4.71. The maximum atomic E-state index is 11.2. The molecule has 0 unspecified atom stereocenters. The van der Waals surface area contributed by atoms with E-state index in [1.54, 1.807) is 0 Å². The van der Waals surface area contributed by atoms with Gasteiger partial charge in [-0.1, -0.05) is 41.9 Å². The number of hydrogen-bond donors (Lipinski definition) is 3. The molecule has 2 amide bonds. The molecule has 1 heterocycles. The van der Waals surface area contributed by atoms with E-state index in [0.29, 0.717) is 6.54 Å². The molecule has 2 aliphatic rings. The topological polar surface area (TPSA) is 79.5 Å². The van der Waals surface area contributed by atoms with Crippen LogP contribution in [0.2, 0.25) is 5.02 Å². The van der Waals surface area contributed by atoms with Crippen molar-refractivity contribution in [2.24, 2.45) is 16.1 Å². The fraction of sp³-hybridized carbons (Fsp3) is 0.364. The third-order valence-corrected chi connectivity index (χ3v) is 6.13. The van der Waals surface area contributed by atoms with Crippen molar-refractivity contribution in [3.8, 4) is 0 Å². The summed E-state index contributed by atoms with van der Waals surface area (Å²) in [4.78, 5) is 16.2. The molecule has 2 aromatic carbocycles. The number of halogens is 1. The first-order valence-electron chi connectivity index (χ1n) is 9.74. The number of rotatable bonds is 3. The quantitative estimate of drug-likeness (QED) is 0.713. The van der Waals surface area contributed by atoms with E-state index in [2.05, 4.69) is 28.8 Å². The van der Waals surface area contributed by atoms with Crippen molar-refractivity contribution in [3.05, 3.63) is 64.7 Å². The summed E-state index contributed by atoms with van der Waals surface area (Å²) >= 11 is 6.12. The maximum Gasteiger partial charge on any atom is 0.312 e. The molecule has 5 nitrogen and oxygen atoms in total. The number of amidine groups is 1. The molecule has 0 atom stereocenters. The first kappa shape index (κ1) is 18.8. The van der Waals surface area contributed by atoms with Gasteiger partial charge in [0.05, 0.1) is 6.54 Å². The fourth-order valence-corrected chi connectivity index (χ4v) is 4.66. The molecule has 146 valence electrons. The highest BCUT2D eigenvalue weighted by Crippen LogP contribution is 2.45. The Morgan fingerprint density at radius 2 is 2.00 bits per heavy atom. The molecular formula is C22H25ClN4O. The highest BCUT2D eigenvalue weighted by Gasteiger charge is 2.43. The number of carbonyl (C=O) groups is 1. The zero-order valence-corrected chi connectivity index (χ0v) is 16.5. The second-order valence-corrected chi connectivity index (χ2v) is 8.25. The molecule has 0 aromatic heterocycles. The van der Waals surface area contributed by atoms with Gasteiger partial charge in [-0.05, 0) is 61.4 Å². The first-order valence-corrected chi connectivity index (χ1v) is 10.1. The number of anilines is 1. The third kappa shape index (κ3) is 3.99. The number of para-hydroxylation sites is 1. The van der Waals surface area contributed by atoms with Crippen molar-refractivity contribution in [1.82, 2.24) is 5.32 Å². The van der Waals surface area contributed by atoms with Gasteiger partial charge in [0.25, 0.3) is 0 Å². The van der Waals surface area contributed by atoms with Gasteiger partial charge >= 0.3 is 6.03 Å². The van der Waals surface area contributed by atoms with Crippen molar-refractivity contribution in [1.29, 1.82) is 0 Å². The van der Waals surface area contributed by atoms with E-state index in [0.717, 1.165) is 54.2 Å². The van der Waals surface area contributed by atoms with Crippen LogP contribution < -0.4 is 16.4 Å². The van der Waals surface area contributed by atoms with Gasteiger partial charge in [0.1, 0.15) is 5.84 Å². The van der Waals surface area contributed by atoms with E-state index in [-0.39, 0.29) is 11.5 Å². The van der Waals surface area contributed by atoms with Crippen LogP contribution in [-0.2, 0) is 13.0 Å². The predicted molar refractivity (Wildman–Crippen MR) is 114 cm³/mol. The van der Waals surface area contributed by atoms with Crippen LogP contribution in [0.4, 0.5) is 10.5 Å². The summed E-state index contributed by atoms with van der Waals surface area (Å²) in [7, 11) is 0. The Hall–Kier alpha value is -2.53. The lowest BCUT2D eigenvalue weighted by Gasteiger charge is -2.44. The lowest BCUT2D eigenvalue weighted by molar-refractivity contribution is 0.218. The number of amides is 2. The molecule has 1 saturated carbocycles. The third-order valence-electron chi connectivity index (χ3n) is 5.90. The summed E-state index contributed by atoms with van der Waals surface area (Å²) in [6.45, 7) is 0.593. The van der Waals surface area contributed by atoms with Crippen molar-refractivity contribution < 1.29 is 4.79 Å². The molecule has 1 aliphatic heterocycles. The lowest BCUT2D eigenvalue weighted by atomic mass is 9.66. The average Bonchev–Trinajstić information content (AvgIpc) is 2.68. The summed E-state index contributed by atoms with van der Waals surface area (Å²) in [5, 5.41) is 7.20. The van der Waals surface area contributed by atoms with Gasteiger partial charge < -0.3 is 16.4 Å². The highest BCUT2D eigenvalue weighted by molar-refractivity contribution is 6.30. The van der Waals surface area contributed by atoms with Crippen LogP contribution in [0.1, 0.15) is 36.8 Å². The average molecular weight is 397 g/mol. The Morgan fingerprint density at radius 1 is 1.21 bits per heavy atom. The van der Waals surface area contributed by atoms with Gasteiger partial charge in [0, 0.05) is 22.2 Å². The number of benzene rings is 2. The van der Waals surface area contributed by atoms with Crippen molar-refractivity contribution in [3.63, 3.8) is 0 Å². The summed E-state index contributed by atoms with van der Waals surface area (Å²) in [5.74, 6) is 1.05. The first-order chi connectivity index (χ1) is 13.5. The highest BCUT2D eigenvalue weighted by atomic mass is 35.5. The Morgan fingerprint density at radius 3 is 2.75 bits per heavy atom. The Kier molecular flexibility index (Phi) is 5.27. The lowest BCUT2D eigenvalue weighted by Crippen LogP contribution is -2.49. The second kappa shape index (κ2) is 7.84. The minimum absolute atomic E-state index is 0.0250. The number of primary amides is 1. The second-order valence-electron chi connectivity index (χ2n) is 7.82. The molecule has 0 saturated heterocycles. The van der Waals surface area contributed by atoms with E-state index < -0.39 is 6.03 Å². The molecule has 0 radical (unpaired) electrons. The molecule has 4 rings (SSSR count). The minimum atomic E-state index is -0.442. The van der Waals surface area contributed by atoms with Crippen LogP contribution in [0.15, 0.2) is 53.5 Å². The minimum Gasteiger partial charge on any atom is -0.352 e. The monoisotopic (exact) mass is 396 g/mol.